The maximum atomic E-state index is 12.4. The average molecular weight is 447 g/mol. The fourth-order valence-corrected chi connectivity index (χ4v) is 4.53. The SMILES string of the molecule is CCOc1ccccc1-c1nc(CC(=O)Nc2cc(S(=O)(=O)CC)ccc2O)cs1. The highest BCUT2D eigenvalue weighted by Crippen LogP contribution is 2.32. The number of rotatable bonds is 8. The zero-order chi connectivity index (χ0) is 21.7. The second-order valence-corrected chi connectivity index (χ2v) is 9.52. The van der Waals surface area contributed by atoms with Crippen LogP contribution >= 0.6 is 11.3 Å². The van der Waals surface area contributed by atoms with Gasteiger partial charge in [-0.2, -0.15) is 0 Å². The minimum absolute atomic E-state index is 0.0164. The molecule has 2 N–H and O–H groups in total. The zero-order valence-corrected chi connectivity index (χ0v) is 18.2. The van der Waals surface area contributed by atoms with Crippen molar-refractivity contribution in [1.82, 2.24) is 4.98 Å². The molecule has 1 aromatic heterocycles. The molecule has 0 fully saturated rings. The topological polar surface area (TPSA) is 106 Å². The van der Waals surface area contributed by atoms with Gasteiger partial charge in [0.05, 0.1) is 40.6 Å². The van der Waals surface area contributed by atoms with Gasteiger partial charge in [-0.05, 0) is 37.3 Å². The second kappa shape index (κ2) is 9.27. The van der Waals surface area contributed by atoms with Gasteiger partial charge < -0.3 is 15.2 Å². The lowest BCUT2D eigenvalue weighted by atomic mass is 10.2. The van der Waals surface area contributed by atoms with E-state index < -0.39 is 15.7 Å². The summed E-state index contributed by atoms with van der Waals surface area (Å²) >= 11 is 1.40. The van der Waals surface area contributed by atoms with E-state index in [0.29, 0.717) is 12.3 Å². The summed E-state index contributed by atoms with van der Waals surface area (Å²) in [5.74, 6) is 0.0363. The molecule has 7 nitrogen and oxygen atoms in total. The molecular formula is C21H22N2O5S2. The Balaban J connectivity index is 1.75. The van der Waals surface area contributed by atoms with E-state index in [-0.39, 0.29) is 28.5 Å². The standard InChI is InChI=1S/C21H22N2O5S2/c1-3-28-19-8-6-5-7-16(19)21-22-14(13-29-21)11-20(25)23-17-12-15(9-10-18(17)24)30(26,27)4-2/h5-10,12-13,24H,3-4,11H2,1-2H3,(H,23,25). The lowest BCUT2D eigenvalue weighted by Crippen LogP contribution is -2.15. The smallest absolute Gasteiger partial charge is 0.230 e. The number of amides is 1. The molecule has 158 valence electrons. The van der Waals surface area contributed by atoms with Crippen molar-refractivity contribution in [2.24, 2.45) is 0 Å². The summed E-state index contributed by atoms with van der Waals surface area (Å²) in [4.78, 5) is 17.0. The van der Waals surface area contributed by atoms with Gasteiger partial charge in [0.2, 0.25) is 5.91 Å². The normalized spacial score (nSPS) is 11.3. The van der Waals surface area contributed by atoms with Crippen LogP contribution in [0.5, 0.6) is 11.5 Å². The molecular weight excluding hydrogens is 424 g/mol. The van der Waals surface area contributed by atoms with Crippen molar-refractivity contribution in [2.75, 3.05) is 17.7 Å². The minimum Gasteiger partial charge on any atom is -0.506 e. The number of ether oxygens (including phenoxy) is 1. The van der Waals surface area contributed by atoms with Crippen LogP contribution in [0.15, 0.2) is 52.7 Å². The molecule has 9 heteroatoms. The van der Waals surface area contributed by atoms with Gasteiger partial charge in [0.25, 0.3) is 0 Å². The third-order valence-corrected chi connectivity index (χ3v) is 6.95. The molecule has 3 aromatic rings. The monoisotopic (exact) mass is 446 g/mol. The summed E-state index contributed by atoms with van der Waals surface area (Å²) in [5.41, 5.74) is 1.47. The number of thiazole rings is 1. The van der Waals surface area contributed by atoms with Crippen molar-refractivity contribution >= 4 is 32.8 Å². The number of benzene rings is 2. The van der Waals surface area contributed by atoms with Crippen LogP contribution < -0.4 is 10.1 Å². The number of para-hydroxylation sites is 1. The van der Waals surface area contributed by atoms with Gasteiger partial charge in [0, 0.05) is 5.38 Å². The Morgan fingerprint density at radius 1 is 1.20 bits per heavy atom. The first-order valence-corrected chi connectivity index (χ1v) is 11.9. The highest BCUT2D eigenvalue weighted by molar-refractivity contribution is 7.91. The van der Waals surface area contributed by atoms with Gasteiger partial charge in [0.15, 0.2) is 9.84 Å². The second-order valence-electron chi connectivity index (χ2n) is 6.38. The maximum absolute atomic E-state index is 12.4. The first-order valence-electron chi connectivity index (χ1n) is 9.36. The first kappa shape index (κ1) is 21.8. The Kier molecular flexibility index (Phi) is 6.73. The van der Waals surface area contributed by atoms with Gasteiger partial charge >= 0.3 is 0 Å². The molecule has 0 atom stereocenters. The number of phenols is 1. The molecule has 1 heterocycles. The predicted molar refractivity (Wildman–Crippen MR) is 117 cm³/mol. The quantitative estimate of drug-likeness (QED) is 0.509. The number of phenolic OH excluding ortho intramolecular Hbond substituents is 1. The molecule has 0 aliphatic heterocycles. The Morgan fingerprint density at radius 2 is 1.97 bits per heavy atom. The molecule has 0 aliphatic carbocycles. The zero-order valence-electron chi connectivity index (χ0n) is 16.6. The van der Waals surface area contributed by atoms with E-state index >= 15 is 0 Å². The van der Waals surface area contributed by atoms with Crippen LogP contribution in [-0.2, 0) is 21.1 Å². The van der Waals surface area contributed by atoms with Crippen molar-refractivity contribution in [3.63, 3.8) is 0 Å². The third-order valence-electron chi connectivity index (χ3n) is 4.29. The lowest BCUT2D eigenvalue weighted by molar-refractivity contribution is -0.115. The van der Waals surface area contributed by atoms with E-state index in [1.165, 1.54) is 36.5 Å². The summed E-state index contributed by atoms with van der Waals surface area (Å²) in [6.07, 6.45) is -0.0164. The summed E-state index contributed by atoms with van der Waals surface area (Å²) in [6.45, 7) is 3.97. The molecule has 0 spiro atoms. The fraction of sp³-hybridized carbons (Fsp3) is 0.238. The lowest BCUT2D eigenvalue weighted by Gasteiger charge is -2.09. The van der Waals surface area contributed by atoms with E-state index in [1.54, 1.807) is 5.38 Å². The molecule has 0 saturated carbocycles. The number of aromatic hydroxyl groups is 1. The number of aromatic nitrogens is 1. The number of nitrogens with zero attached hydrogens (tertiary/aromatic N) is 1. The average Bonchev–Trinajstić information content (AvgIpc) is 3.18. The number of anilines is 1. The van der Waals surface area contributed by atoms with E-state index in [4.69, 9.17) is 4.74 Å². The number of nitrogens with one attached hydrogen (secondary N) is 1. The molecule has 0 saturated heterocycles. The molecule has 0 radical (unpaired) electrons. The Bertz CT molecular complexity index is 1160. The summed E-state index contributed by atoms with van der Waals surface area (Å²) in [5, 5.41) is 15.1. The molecule has 1 amide bonds. The van der Waals surface area contributed by atoms with Crippen molar-refractivity contribution in [3.8, 4) is 22.1 Å². The van der Waals surface area contributed by atoms with E-state index in [2.05, 4.69) is 10.3 Å². The van der Waals surface area contributed by atoms with Gasteiger partial charge in [-0.1, -0.05) is 19.1 Å². The van der Waals surface area contributed by atoms with Gasteiger partial charge in [0.1, 0.15) is 16.5 Å². The van der Waals surface area contributed by atoms with E-state index in [0.717, 1.165) is 16.3 Å². The van der Waals surface area contributed by atoms with Crippen molar-refractivity contribution in [3.05, 3.63) is 53.5 Å². The molecule has 30 heavy (non-hydrogen) atoms. The fourth-order valence-electron chi connectivity index (χ4n) is 2.77. The predicted octanol–water partition coefficient (Wildman–Crippen LogP) is 3.89. The van der Waals surface area contributed by atoms with Crippen molar-refractivity contribution < 1.29 is 23.1 Å². The number of carbonyl (C=O) groups excluding carboxylic acids is 1. The highest BCUT2D eigenvalue weighted by Gasteiger charge is 2.17. The molecule has 0 bridgehead atoms. The maximum Gasteiger partial charge on any atom is 0.230 e. The molecule has 2 aromatic carbocycles. The van der Waals surface area contributed by atoms with E-state index in [9.17, 15) is 18.3 Å². The minimum atomic E-state index is -3.45. The summed E-state index contributed by atoms with van der Waals surface area (Å²) in [6, 6.07) is 11.4. The van der Waals surface area contributed by atoms with Crippen LogP contribution in [-0.4, -0.2) is 36.8 Å². The van der Waals surface area contributed by atoms with Gasteiger partial charge in [-0.3, -0.25) is 4.79 Å². The first-order chi connectivity index (χ1) is 14.3. The summed E-state index contributed by atoms with van der Waals surface area (Å²) in [7, 11) is -3.45. The largest absolute Gasteiger partial charge is 0.506 e. The number of hydrogen-bond acceptors (Lipinski definition) is 7. The van der Waals surface area contributed by atoms with Crippen molar-refractivity contribution in [1.29, 1.82) is 0 Å². The van der Waals surface area contributed by atoms with Crippen LogP contribution in [0.2, 0.25) is 0 Å². The van der Waals surface area contributed by atoms with Gasteiger partial charge in [-0.15, -0.1) is 11.3 Å². The molecule has 0 aliphatic rings. The number of sulfone groups is 1. The van der Waals surface area contributed by atoms with E-state index in [1.807, 2.05) is 31.2 Å². The van der Waals surface area contributed by atoms with Gasteiger partial charge in [-0.25, -0.2) is 13.4 Å². The molecule has 3 rings (SSSR count). The third kappa shape index (κ3) is 4.98. The Hall–Kier alpha value is -2.91. The number of hydrogen-bond donors (Lipinski definition) is 2. The highest BCUT2D eigenvalue weighted by atomic mass is 32.2. The van der Waals surface area contributed by atoms with Crippen LogP contribution in [0.4, 0.5) is 5.69 Å². The van der Waals surface area contributed by atoms with Crippen LogP contribution in [0, 0.1) is 0 Å². The van der Waals surface area contributed by atoms with Crippen molar-refractivity contribution in [2.45, 2.75) is 25.2 Å². The summed E-state index contributed by atoms with van der Waals surface area (Å²) < 4.78 is 29.7. The Labute approximate surface area is 179 Å². The van der Waals surface area contributed by atoms with Crippen LogP contribution in [0.1, 0.15) is 19.5 Å². The van der Waals surface area contributed by atoms with Crippen LogP contribution in [0.25, 0.3) is 10.6 Å². The molecule has 0 unspecified atom stereocenters. The Morgan fingerprint density at radius 3 is 2.70 bits per heavy atom. The van der Waals surface area contributed by atoms with Crippen LogP contribution in [0.3, 0.4) is 0 Å². The number of carbonyl (C=O) groups is 1.